The summed E-state index contributed by atoms with van der Waals surface area (Å²) in [6.45, 7) is -0.0850. The Hall–Kier alpha value is -1.77. The molecule has 0 aliphatic carbocycles. The van der Waals surface area contributed by atoms with Crippen molar-refractivity contribution in [2.45, 2.75) is 24.5 Å². The van der Waals surface area contributed by atoms with Crippen molar-refractivity contribution in [3.8, 4) is 0 Å². The minimum atomic E-state index is -0.383. The minimum Gasteiger partial charge on any atom is -0.394 e. The Morgan fingerprint density at radius 1 is 1.39 bits per heavy atom. The highest BCUT2D eigenvalue weighted by molar-refractivity contribution is 5.68. The first kappa shape index (κ1) is 10.2. The molecule has 2 aliphatic rings. The predicted molar refractivity (Wildman–Crippen MR) is 57.8 cm³/mol. The molecule has 8 heteroatoms. The minimum absolute atomic E-state index is 0.0700. The quantitative estimate of drug-likeness (QED) is 0.647. The van der Waals surface area contributed by atoms with Crippen molar-refractivity contribution >= 4 is 11.2 Å². The molecule has 0 amide bonds. The lowest BCUT2D eigenvalue weighted by atomic mass is 10.2. The van der Waals surface area contributed by atoms with Crippen molar-refractivity contribution in [1.29, 1.82) is 0 Å². The van der Waals surface area contributed by atoms with Gasteiger partial charge in [0, 0.05) is 0 Å². The van der Waals surface area contributed by atoms with Crippen LogP contribution in [0.5, 0.6) is 0 Å². The molecule has 2 N–H and O–H groups in total. The van der Waals surface area contributed by atoms with Gasteiger partial charge in [0.05, 0.1) is 19.3 Å². The van der Waals surface area contributed by atoms with Gasteiger partial charge in [-0.2, -0.15) is 0 Å². The Kier molecular flexibility index (Phi) is 1.91. The number of aromatic amines is 1. The second-order valence-electron chi connectivity index (χ2n) is 4.37. The summed E-state index contributed by atoms with van der Waals surface area (Å²) in [6, 6.07) is 0. The van der Waals surface area contributed by atoms with Gasteiger partial charge in [-0.15, -0.1) is 0 Å². The van der Waals surface area contributed by atoms with Crippen LogP contribution < -0.4 is 5.56 Å². The van der Waals surface area contributed by atoms with Crippen LogP contribution in [-0.2, 0) is 9.47 Å². The topological polar surface area (TPSA) is 106 Å². The van der Waals surface area contributed by atoms with E-state index in [9.17, 15) is 4.79 Å². The fourth-order valence-electron chi connectivity index (χ4n) is 2.42. The number of rotatable bonds is 2. The zero-order chi connectivity index (χ0) is 12.3. The number of nitrogens with zero attached hydrogens (tertiary/aromatic N) is 3. The van der Waals surface area contributed by atoms with E-state index in [0.717, 1.165) is 0 Å². The fourth-order valence-corrected chi connectivity index (χ4v) is 2.42. The molecule has 8 nitrogen and oxygen atoms in total. The van der Waals surface area contributed by atoms with Crippen LogP contribution >= 0.6 is 0 Å². The first-order valence-electron chi connectivity index (χ1n) is 5.61. The van der Waals surface area contributed by atoms with Gasteiger partial charge >= 0.3 is 0 Å². The maximum absolute atomic E-state index is 11.5. The zero-order valence-electron chi connectivity index (χ0n) is 9.18. The Balaban J connectivity index is 1.80. The number of hydrogen-bond acceptors (Lipinski definition) is 6. The zero-order valence-corrected chi connectivity index (χ0v) is 9.18. The lowest BCUT2D eigenvalue weighted by Crippen LogP contribution is -2.22. The molecule has 4 atom stereocenters. The molecule has 0 bridgehead atoms. The molecule has 18 heavy (non-hydrogen) atoms. The first-order valence-corrected chi connectivity index (χ1v) is 5.61. The normalized spacial score (nSPS) is 33.8. The van der Waals surface area contributed by atoms with Crippen LogP contribution in [0.2, 0.25) is 0 Å². The van der Waals surface area contributed by atoms with Crippen molar-refractivity contribution in [2.75, 3.05) is 6.61 Å². The monoisotopic (exact) mass is 250 g/mol. The summed E-state index contributed by atoms with van der Waals surface area (Å²) >= 11 is 0. The van der Waals surface area contributed by atoms with E-state index in [-0.39, 0.29) is 42.2 Å². The van der Waals surface area contributed by atoms with Gasteiger partial charge < -0.3 is 19.6 Å². The molecular formula is C10H10N4O4. The molecule has 0 radical (unpaired) electrons. The fraction of sp³-hybridized carbons (Fsp3) is 0.500. The van der Waals surface area contributed by atoms with E-state index in [4.69, 9.17) is 14.6 Å². The van der Waals surface area contributed by atoms with E-state index in [1.54, 1.807) is 4.57 Å². The summed E-state index contributed by atoms with van der Waals surface area (Å²) in [6.07, 6.45) is 1.97. The van der Waals surface area contributed by atoms with Gasteiger partial charge in [-0.3, -0.25) is 9.36 Å². The molecule has 0 spiro atoms. The molecule has 94 valence electrons. The largest absolute Gasteiger partial charge is 0.394 e. The summed E-state index contributed by atoms with van der Waals surface area (Å²) in [5, 5.41) is 9.14. The van der Waals surface area contributed by atoms with E-state index in [2.05, 4.69) is 15.0 Å². The van der Waals surface area contributed by atoms with Crippen LogP contribution in [0.4, 0.5) is 0 Å². The summed E-state index contributed by atoms with van der Waals surface area (Å²) in [4.78, 5) is 22.1. The van der Waals surface area contributed by atoms with E-state index in [0.29, 0.717) is 5.65 Å². The third-order valence-electron chi connectivity index (χ3n) is 3.34. The third-order valence-corrected chi connectivity index (χ3v) is 3.34. The van der Waals surface area contributed by atoms with Gasteiger partial charge in [-0.05, 0) is 0 Å². The number of aromatic nitrogens is 4. The van der Waals surface area contributed by atoms with Gasteiger partial charge in [-0.25, -0.2) is 9.97 Å². The van der Waals surface area contributed by atoms with Gasteiger partial charge in [0.25, 0.3) is 5.56 Å². The van der Waals surface area contributed by atoms with Crippen LogP contribution in [0.1, 0.15) is 6.23 Å². The maximum atomic E-state index is 11.5. The highest BCUT2D eigenvalue weighted by atomic mass is 16.7. The summed E-state index contributed by atoms with van der Waals surface area (Å²) in [5.74, 6) is 0. The van der Waals surface area contributed by atoms with Crippen LogP contribution in [0.25, 0.3) is 11.2 Å². The number of ether oxygens (including phenoxy) is 2. The van der Waals surface area contributed by atoms with Crippen LogP contribution in [0.3, 0.4) is 0 Å². The molecule has 1 unspecified atom stereocenters. The highest BCUT2D eigenvalue weighted by Crippen LogP contribution is 2.45. The standard InChI is InChI=1S/C10H10N4O4/c15-1-4-6-7(18-6)10(17-4)14-3-13-5-8(14)11-2-12-9(5)16/h2-4,6-7,10,15H,1H2,(H,11,12,16)/t4-,6-,7?,10-/m1/s1. The summed E-state index contributed by atoms with van der Waals surface area (Å²) in [5.41, 5.74) is 0.436. The molecule has 0 saturated carbocycles. The molecule has 2 fully saturated rings. The van der Waals surface area contributed by atoms with E-state index < -0.39 is 0 Å². The smallest absolute Gasteiger partial charge is 0.278 e. The van der Waals surface area contributed by atoms with Crippen LogP contribution in [0.15, 0.2) is 17.4 Å². The van der Waals surface area contributed by atoms with E-state index in [1.807, 2.05) is 0 Å². The highest BCUT2D eigenvalue weighted by Gasteiger charge is 2.58. The first-order chi connectivity index (χ1) is 8.79. The molecule has 4 heterocycles. The molecule has 2 aromatic rings. The van der Waals surface area contributed by atoms with Crippen LogP contribution in [-0.4, -0.2) is 49.5 Å². The van der Waals surface area contributed by atoms with Crippen molar-refractivity contribution in [3.05, 3.63) is 23.0 Å². The number of nitrogens with one attached hydrogen (secondary N) is 1. The second-order valence-corrected chi connectivity index (χ2v) is 4.37. The second kappa shape index (κ2) is 3.37. The number of fused-ring (bicyclic) bond motifs is 2. The Bertz CT molecular complexity index is 665. The molecule has 4 rings (SSSR count). The van der Waals surface area contributed by atoms with Crippen molar-refractivity contribution in [2.24, 2.45) is 0 Å². The average Bonchev–Trinajstić information content (AvgIpc) is 2.91. The van der Waals surface area contributed by atoms with E-state index >= 15 is 0 Å². The van der Waals surface area contributed by atoms with Gasteiger partial charge in [0.15, 0.2) is 17.4 Å². The average molecular weight is 250 g/mol. The lowest BCUT2D eigenvalue weighted by molar-refractivity contribution is -0.0823. The van der Waals surface area contributed by atoms with Crippen molar-refractivity contribution in [1.82, 2.24) is 19.5 Å². The number of hydrogen-bond donors (Lipinski definition) is 2. The third kappa shape index (κ3) is 1.22. The summed E-state index contributed by atoms with van der Waals surface area (Å²) < 4.78 is 12.8. The Morgan fingerprint density at radius 3 is 3.06 bits per heavy atom. The van der Waals surface area contributed by atoms with Gasteiger partial charge in [-0.1, -0.05) is 0 Å². The summed E-state index contributed by atoms with van der Waals surface area (Å²) in [7, 11) is 0. The number of H-pyrrole nitrogens is 1. The van der Waals surface area contributed by atoms with Crippen molar-refractivity contribution in [3.63, 3.8) is 0 Å². The number of epoxide rings is 1. The van der Waals surface area contributed by atoms with Gasteiger partial charge in [0.1, 0.15) is 18.3 Å². The SMILES string of the molecule is O=c1[nH]cnc2c1ncn2[C@@H]1O[C@H](CO)[C@H]2OC12. The van der Waals surface area contributed by atoms with Crippen molar-refractivity contribution < 1.29 is 14.6 Å². The number of imidazole rings is 1. The molecule has 0 aromatic carbocycles. The number of aliphatic hydroxyl groups is 1. The lowest BCUT2D eigenvalue weighted by Gasteiger charge is -2.17. The van der Waals surface area contributed by atoms with Gasteiger partial charge in [0.2, 0.25) is 0 Å². The number of aliphatic hydroxyl groups excluding tert-OH is 1. The van der Waals surface area contributed by atoms with Crippen LogP contribution in [0, 0.1) is 0 Å². The molecular weight excluding hydrogens is 240 g/mol. The maximum Gasteiger partial charge on any atom is 0.278 e. The molecule has 2 aromatic heterocycles. The predicted octanol–water partition coefficient (Wildman–Crippen LogP) is -1.22. The Morgan fingerprint density at radius 2 is 2.28 bits per heavy atom. The van der Waals surface area contributed by atoms with E-state index in [1.165, 1.54) is 12.7 Å². The molecule has 2 aliphatic heterocycles. The Labute approximate surface area is 100 Å². The molecule has 2 saturated heterocycles.